The van der Waals surface area contributed by atoms with Crippen LogP contribution in [0, 0.1) is 6.92 Å². The van der Waals surface area contributed by atoms with E-state index in [1.165, 1.54) is 23.2 Å². The first kappa shape index (κ1) is 12.0. The standard InChI is InChI=1S/C12H11N3O3/c1-8-2-3-15(11(16)4-8)6-10-9(12(17)18)5-13-7-14-10/h2-5,7H,6H2,1H3,(H,17,18). The molecule has 0 spiro atoms. The Morgan fingerprint density at radius 2 is 2.28 bits per heavy atom. The lowest BCUT2D eigenvalue weighted by Crippen LogP contribution is -2.21. The molecular weight excluding hydrogens is 234 g/mol. The average Bonchev–Trinajstić information content (AvgIpc) is 2.33. The van der Waals surface area contributed by atoms with Crippen molar-refractivity contribution in [3.05, 3.63) is 58.0 Å². The molecule has 0 radical (unpaired) electrons. The molecular formula is C12H11N3O3. The summed E-state index contributed by atoms with van der Waals surface area (Å²) in [6, 6.07) is 3.27. The normalized spacial score (nSPS) is 10.3. The van der Waals surface area contributed by atoms with Gasteiger partial charge >= 0.3 is 5.97 Å². The predicted octanol–water partition coefficient (Wildman–Crippen LogP) is 0.693. The van der Waals surface area contributed by atoms with Gasteiger partial charge in [0.05, 0.1) is 12.2 Å². The van der Waals surface area contributed by atoms with Crippen LogP contribution >= 0.6 is 0 Å². The van der Waals surface area contributed by atoms with Crippen molar-refractivity contribution in [3.8, 4) is 0 Å². The summed E-state index contributed by atoms with van der Waals surface area (Å²) in [7, 11) is 0. The Labute approximate surface area is 103 Å². The van der Waals surface area contributed by atoms with Crippen LogP contribution < -0.4 is 5.56 Å². The van der Waals surface area contributed by atoms with Gasteiger partial charge in [0.2, 0.25) is 0 Å². The van der Waals surface area contributed by atoms with Crippen molar-refractivity contribution in [2.24, 2.45) is 0 Å². The van der Waals surface area contributed by atoms with E-state index >= 15 is 0 Å². The number of aromatic nitrogens is 3. The van der Waals surface area contributed by atoms with Crippen molar-refractivity contribution in [2.75, 3.05) is 0 Å². The first-order valence-corrected chi connectivity index (χ1v) is 5.27. The van der Waals surface area contributed by atoms with Gasteiger partial charge in [-0.1, -0.05) is 0 Å². The summed E-state index contributed by atoms with van der Waals surface area (Å²) in [5.74, 6) is -1.11. The van der Waals surface area contributed by atoms with Crippen molar-refractivity contribution < 1.29 is 9.90 Å². The van der Waals surface area contributed by atoms with E-state index in [4.69, 9.17) is 5.11 Å². The van der Waals surface area contributed by atoms with E-state index in [1.807, 2.05) is 6.92 Å². The van der Waals surface area contributed by atoms with Crippen LogP contribution in [0.1, 0.15) is 21.6 Å². The first-order chi connectivity index (χ1) is 8.58. The summed E-state index contributed by atoms with van der Waals surface area (Å²) in [5, 5.41) is 8.99. The third kappa shape index (κ3) is 2.42. The Morgan fingerprint density at radius 3 is 2.94 bits per heavy atom. The van der Waals surface area contributed by atoms with Crippen LogP contribution in [0.25, 0.3) is 0 Å². The molecule has 2 heterocycles. The quantitative estimate of drug-likeness (QED) is 0.860. The van der Waals surface area contributed by atoms with E-state index in [0.717, 1.165) is 5.56 Å². The lowest BCUT2D eigenvalue weighted by Gasteiger charge is -2.07. The zero-order valence-corrected chi connectivity index (χ0v) is 9.70. The molecule has 92 valence electrons. The fourth-order valence-electron chi connectivity index (χ4n) is 1.56. The summed E-state index contributed by atoms with van der Waals surface area (Å²) >= 11 is 0. The fraction of sp³-hybridized carbons (Fsp3) is 0.167. The van der Waals surface area contributed by atoms with Crippen LogP contribution in [-0.2, 0) is 6.54 Å². The SMILES string of the molecule is Cc1ccn(Cc2ncncc2C(=O)O)c(=O)c1. The van der Waals surface area contributed by atoms with E-state index < -0.39 is 5.97 Å². The summed E-state index contributed by atoms with van der Waals surface area (Å²) in [6.45, 7) is 1.93. The number of pyridine rings is 1. The second kappa shape index (κ2) is 4.79. The Bertz CT molecular complexity index is 649. The Kier molecular flexibility index (Phi) is 3.18. The molecule has 18 heavy (non-hydrogen) atoms. The Morgan fingerprint density at radius 1 is 1.50 bits per heavy atom. The molecule has 0 unspecified atom stereocenters. The zero-order valence-electron chi connectivity index (χ0n) is 9.70. The summed E-state index contributed by atoms with van der Waals surface area (Å²) < 4.78 is 1.40. The fourth-order valence-corrected chi connectivity index (χ4v) is 1.56. The highest BCUT2D eigenvalue weighted by Crippen LogP contribution is 2.05. The van der Waals surface area contributed by atoms with Gasteiger partial charge in [-0.15, -0.1) is 0 Å². The average molecular weight is 245 g/mol. The largest absolute Gasteiger partial charge is 0.478 e. The van der Waals surface area contributed by atoms with Crippen molar-refractivity contribution in [3.63, 3.8) is 0 Å². The van der Waals surface area contributed by atoms with Crippen LogP contribution in [0.3, 0.4) is 0 Å². The van der Waals surface area contributed by atoms with Crippen LogP contribution in [0.15, 0.2) is 35.6 Å². The van der Waals surface area contributed by atoms with Crippen LogP contribution in [-0.4, -0.2) is 25.6 Å². The lowest BCUT2D eigenvalue weighted by atomic mass is 10.2. The third-order valence-corrected chi connectivity index (χ3v) is 2.50. The maximum Gasteiger partial charge on any atom is 0.339 e. The van der Waals surface area contributed by atoms with Gasteiger partial charge < -0.3 is 9.67 Å². The minimum absolute atomic E-state index is 0.00461. The van der Waals surface area contributed by atoms with Gasteiger partial charge in [-0.2, -0.15) is 0 Å². The molecule has 1 N–H and O–H groups in total. The molecule has 0 bridgehead atoms. The third-order valence-electron chi connectivity index (χ3n) is 2.50. The van der Waals surface area contributed by atoms with Crippen LogP contribution in [0.2, 0.25) is 0 Å². The monoisotopic (exact) mass is 245 g/mol. The number of carbonyl (C=O) groups is 1. The predicted molar refractivity (Wildman–Crippen MR) is 63.5 cm³/mol. The van der Waals surface area contributed by atoms with Crippen LogP contribution in [0.5, 0.6) is 0 Å². The summed E-state index contributed by atoms with van der Waals surface area (Å²) in [6.07, 6.45) is 4.11. The maximum absolute atomic E-state index is 11.7. The Hall–Kier alpha value is -2.50. The van der Waals surface area contributed by atoms with Crippen LogP contribution in [0.4, 0.5) is 0 Å². The number of rotatable bonds is 3. The molecule has 0 fully saturated rings. The number of nitrogens with zero attached hydrogens (tertiary/aromatic N) is 3. The topological polar surface area (TPSA) is 85.1 Å². The van der Waals surface area contributed by atoms with Gasteiger partial charge in [-0.25, -0.2) is 14.8 Å². The van der Waals surface area contributed by atoms with Crippen molar-refractivity contribution >= 4 is 5.97 Å². The molecule has 0 aromatic carbocycles. The molecule has 0 aliphatic carbocycles. The molecule has 6 nitrogen and oxygen atoms in total. The highest BCUT2D eigenvalue weighted by atomic mass is 16.4. The van der Waals surface area contributed by atoms with E-state index in [2.05, 4.69) is 9.97 Å². The van der Waals surface area contributed by atoms with E-state index in [-0.39, 0.29) is 17.7 Å². The van der Waals surface area contributed by atoms with E-state index in [0.29, 0.717) is 5.69 Å². The highest BCUT2D eigenvalue weighted by Gasteiger charge is 2.12. The second-order valence-corrected chi connectivity index (χ2v) is 3.86. The minimum Gasteiger partial charge on any atom is -0.478 e. The number of hydrogen-bond acceptors (Lipinski definition) is 4. The van der Waals surface area contributed by atoms with Gasteiger partial charge in [0, 0.05) is 18.5 Å². The molecule has 0 aliphatic heterocycles. The van der Waals surface area contributed by atoms with Gasteiger partial charge in [0.15, 0.2) is 0 Å². The van der Waals surface area contributed by atoms with Gasteiger partial charge in [-0.3, -0.25) is 4.79 Å². The van der Waals surface area contributed by atoms with E-state index in [9.17, 15) is 9.59 Å². The molecule has 0 aliphatic rings. The van der Waals surface area contributed by atoms with Crippen molar-refractivity contribution in [2.45, 2.75) is 13.5 Å². The molecule has 2 rings (SSSR count). The second-order valence-electron chi connectivity index (χ2n) is 3.86. The van der Waals surface area contributed by atoms with E-state index in [1.54, 1.807) is 12.3 Å². The van der Waals surface area contributed by atoms with Crippen molar-refractivity contribution in [1.29, 1.82) is 0 Å². The minimum atomic E-state index is -1.11. The molecule has 0 saturated carbocycles. The van der Waals surface area contributed by atoms with Gasteiger partial charge in [0.25, 0.3) is 5.56 Å². The van der Waals surface area contributed by atoms with Crippen molar-refractivity contribution in [1.82, 2.24) is 14.5 Å². The maximum atomic E-state index is 11.7. The zero-order chi connectivity index (χ0) is 13.1. The number of carboxylic acids is 1. The molecule has 0 saturated heterocycles. The molecule has 6 heteroatoms. The lowest BCUT2D eigenvalue weighted by molar-refractivity contribution is 0.0694. The molecule has 0 amide bonds. The number of carboxylic acid groups (broad SMARTS) is 1. The Balaban J connectivity index is 2.40. The first-order valence-electron chi connectivity index (χ1n) is 5.27. The van der Waals surface area contributed by atoms with Gasteiger partial charge in [0.1, 0.15) is 11.9 Å². The number of aryl methyl sites for hydroxylation is 1. The number of aromatic carboxylic acids is 1. The molecule has 2 aromatic heterocycles. The summed E-state index contributed by atoms with van der Waals surface area (Å²) in [5.41, 5.74) is 0.982. The number of hydrogen-bond donors (Lipinski definition) is 1. The van der Waals surface area contributed by atoms with Gasteiger partial charge in [-0.05, 0) is 18.6 Å². The molecule has 2 aromatic rings. The smallest absolute Gasteiger partial charge is 0.339 e. The summed E-state index contributed by atoms with van der Waals surface area (Å²) in [4.78, 5) is 30.3. The highest BCUT2D eigenvalue weighted by molar-refractivity contribution is 5.88. The molecule has 0 atom stereocenters.